The van der Waals surface area contributed by atoms with Gasteiger partial charge in [0.25, 0.3) is 0 Å². The van der Waals surface area contributed by atoms with Crippen LogP contribution >= 0.6 is 23.8 Å². The Kier molecular flexibility index (Phi) is 5.56. The van der Waals surface area contributed by atoms with Gasteiger partial charge in [-0.15, -0.1) is 0 Å². The molecule has 1 rings (SSSR count). The van der Waals surface area contributed by atoms with Gasteiger partial charge in [-0.05, 0) is 43.9 Å². The molecule has 88 valence electrons. The normalized spacial score (nSPS) is 10.1. The molecule has 0 amide bonds. The topological polar surface area (TPSA) is 35.2 Å². The Hall–Kier alpha value is -0.800. The highest BCUT2D eigenvalue weighted by atomic mass is 35.5. The van der Waals surface area contributed by atoms with Crippen molar-refractivity contribution in [2.24, 2.45) is 5.73 Å². The van der Waals surface area contributed by atoms with Crippen LogP contribution in [0.15, 0.2) is 18.2 Å². The third kappa shape index (κ3) is 4.81. The van der Waals surface area contributed by atoms with Crippen LogP contribution < -0.4 is 10.5 Å². The molecule has 2 N–H and O–H groups in total. The van der Waals surface area contributed by atoms with Gasteiger partial charge in [0.15, 0.2) is 0 Å². The standard InChI is InChI=1S/C12H16ClNOS/c1-9-5-6-10(13)8-11(9)15-7-3-2-4-12(14)16/h5-6,8H,2-4,7H2,1H3,(H2,14,16). The summed E-state index contributed by atoms with van der Waals surface area (Å²) in [7, 11) is 0. The molecule has 0 aliphatic carbocycles. The SMILES string of the molecule is Cc1ccc(Cl)cc1OCCCCC(N)=S. The van der Waals surface area contributed by atoms with E-state index < -0.39 is 0 Å². The molecule has 1 aromatic carbocycles. The molecule has 16 heavy (non-hydrogen) atoms. The Morgan fingerprint density at radius 1 is 1.44 bits per heavy atom. The molecule has 0 fully saturated rings. The van der Waals surface area contributed by atoms with Crippen molar-refractivity contribution < 1.29 is 4.74 Å². The van der Waals surface area contributed by atoms with Crippen LogP contribution in [0, 0.1) is 6.92 Å². The zero-order valence-electron chi connectivity index (χ0n) is 9.33. The highest BCUT2D eigenvalue weighted by Crippen LogP contribution is 2.22. The quantitative estimate of drug-likeness (QED) is 0.626. The number of thiocarbonyl (C=S) groups is 1. The number of hydrogen-bond donors (Lipinski definition) is 1. The number of rotatable bonds is 6. The summed E-state index contributed by atoms with van der Waals surface area (Å²) in [6, 6.07) is 5.65. The molecule has 0 aliphatic rings. The summed E-state index contributed by atoms with van der Waals surface area (Å²) in [4.78, 5) is 0.568. The van der Waals surface area contributed by atoms with Gasteiger partial charge in [-0.1, -0.05) is 29.9 Å². The number of halogens is 1. The van der Waals surface area contributed by atoms with Crippen molar-refractivity contribution in [2.45, 2.75) is 26.2 Å². The molecule has 0 aromatic heterocycles. The molecule has 0 bridgehead atoms. The van der Waals surface area contributed by atoms with Crippen LogP contribution in [-0.4, -0.2) is 11.6 Å². The molecule has 4 heteroatoms. The Bertz CT molecular complexity index is 368. The van der Waals surface area contributed by atoms with E-state index in [4.69, 9.17) is 34.3 Å². The van der Waals surface area contributed by atoms with E-state index >= 15 is 0 Å². The second-order valence-corrected chi connectivity index (χ2v) is 4.64. The maximum Gasteiger partial charge on any atom is 0.123 e. The van der Waals surface area contributed by atoms with E-state index in [2.05, 4.69) is 0 Å². The minimum atomic E-state index is 0.568. The third-order valence-electron chi connectivity index (χ3n) is 2.23. The molecule has 0 saturated heterocycles. The minimum Gasteiger partial charge on any atom is -0.493 e. The molecule has 2 nitrogen and oxygen atoms in total. The first-order valence-electron chi connectivity index (χ1n) is 5.27. The molecule has 0 unspecified atom stereocenters. The summed E-state index contributed by atoms with van der Waals surface area (Å²) in [6.07, 6.45) is 2.70. The first-order valence-corrected chi connectivity index (χ1v) is 6.05. The highest BCUT2D eigenvalue weighted by molar-refractivity contribution is 7.80. The number of unbranched alkanes of at least 4 members (excludes halogenated alkanes) is 1. The van der Waals surface area contributed by atoms with Gasteiger partial charge in [0.05, 0.1) is 11.6 Å². The lowest BCUT2D eigenvalue weighted by Gasteiger charge is -2.09. The molecule has 0 atom stereocenters. The Morgan fingerprint density at radius 3 is 2.88 bits per heavy atom. The van der Waals surface area contributed by atoms with Crippen LogP contribution in [-0.2, 0) is 0 Å². The van der Waals surface area contributed by atoms with E-state index in [0.717, 1.165) is 30.6 Å². The van der Waals surface area contributed by atoms with Crippen molar-refractivity contribution in [3.63, 3.8) is 0 Å². The van der Waals surface area contributed by atoms with Crippen molar-refractivity contribution in [1.29, 1.82) is 0 Å². The maximum atomic E-state index is 5.88. The van der Waals surface area contributed by atoms with Gasteiger partial charge in [-0.3, -0.25) is 0 Å². The van der Waals surface area contributed by atoms with Crippen molar-refractivity contribution in [3.8, 4) is 5.75 Å². The molecule has 0 radical (unpaired) electrons. The van der Waals surface area contributed by atoms with Gasteiger partial charge in [-0.2, -0.15) is 0 Å². The van der Waals surface area contributed by atoms with Crippen LogP contribution in [0.1, 0.15) is 24.8 Å². The first kappa shape index (κ1) is 13.3. The first-order chi connectivity index (χ1) is 7.59. The monoisotopic (exact) mass is 257 g/mol. The number of aryl methyl sites for hydroxylation is 1. The van der Waals surface area contributed by atoms with Crippen molar-refractivity contribution in [3.05, 3.63) is 28.8 Å². The fraction of sp³-hybridized carbons (Fsp3) is 0.417. The number of nitrogens with two attached hydrogens (primary N) is 1. The molecular weight excluding hydrogens is 242 g/mol. The van der Waals surface area contributed by atoms with E-state index in [1.54, 1.807) is 0 Å². The number of ether oxygens (including phenoxy) is 1. The number of hydrogen-bond acceptors (Lipinski definition) is 2. The molecular formula is C12H16ClNOS. The fourth-order valence-corrected chi connectivity index (χ4v) is 1.62. The molecule has 0 aliphatic heterocycles. The van der Waals surface area contributed by atoms with Crippen LogP contribution in [0.4, 0.5) is 0 Å². The van der Waals surface area contributed by atoms with Gasteiger partial charge in [-0.25, -0.2) is 0 Å². The molecule has 0 saturated carbocycles. The lowest BCUT2D eigenvalue weighted by Crippen LogP contribution is -2.08. The average Bonchev–Trinajstić information content (AvgIpc) is 2.22. The van der Waals surface area contributed by atoms with Gasteiger partial charge < -0.3 is 10.5 Å². The Labute approximate surface area is 107 Å². The summed E-state index contributed by atoms with van der Waals surface area (Å²) in [6.45, 7) is 2.67. The molecule has 0 heterocycles. The van der Waals surface area contributed by atoms with Crippen molar-refractivity contribution in [1.82, 2.24) is 0 Å². The third-order valence-corrected chi connectivity index (χ3v) is 2.66. The second kappa shape index (κ2) is 6.71. The smallest absolute Gasteiger partial charge is 0.123 e. The lowest BCUT2D eigenvalue weighted by atomic mass is 10.2. The summed E-state index contributed by atoms with van der Waals surface area (Å²) < 4.78 is 5.63. The summed E-state index contributed by atoms with van der Waals surface area (Å²) in [5.41, 5.74) is 6.50. The van der Waals surface area contributed by atoms with Crippen molar-refractivity contribution in [2.75, 3.05) is 6.61 Å². The van der Waals surface area contributed by atoms with E-state index in [9.17, 15) is 0 Å². The predicted molar refractivity (Wildman–Crippen MR) is 72.3 cm³/mol. The van der Waals surface area contributed by atoms with Crippen LogP contribution in [0.2, 0.25) is 5.02 Å². The van der Waals surface area contributed by atoms with Gasteiger partial charge in [0, 0.05) is 5.02 Å². The average molecular weight is 258 g/mol. The fourth-order valence-electron chi connectivity index (χ4n) is 1.31. The zero-order chi connectivity index (χ0) is 12.0. The largest absolute Gasteiger partial charge is 0.493 e. The van der Waals surface area contributed by atoms with Crippen LogP contribution in [0.5, 0.6) is 5.75 Å². The summed E-state index contributed by atoms with van der Waals surface area (Å²) >= 11 is 10.7. The molecule has 1 aromatic rings. The highest BCUT2D eigenvalue weighted by Gasteiger charge is 2.00. The van der Waals surface area contributed by atoms with Gasteiger partial charge >= 0.3 is 0 Å². The second-order valence-electron chi connectivity index (χ2n) is 3.68. The van der Waals surface area contributed by atoms with E-state index in [1.807, 2.05) is 25.1 Å². The summed E-state index contributed by atoms with van der Waals surface area (Å²) in [5.74, 6) is 0.850. The van der Waals surface area contributed by atoms with E-state index in [-0.39, 0.29) is 0 Å². The molecule has 0 spiro atoms. The predicted octanol–water partition coefficient (Wildman–Crippen LogP) is 3.48. The van der Waals surface area contributed by atoms with E-state index in [1.165, 1.54) is 0 Å². The summed E-state index contributed by atoms with van der Waals surface area (Å²) in [5, 5.41) is 0.698. The van der Waals surface area contributed by atoms with E-state index in [0.29, 0.717) is 16.6 Å². The van der Waals surface area contributed by atoms with Crippen LogP contribution in [0.25, 0.3) is 0 Å². The number of benzene rings is 1. The maximum absolute atomic E-state index is 5.88. The van der Waals surface area contributed by atoms with Crippen molar-refractivity contribution >= 4 is 28.8 Å². The van der Waals surface area contributed by atoms with Crippen LogP contribution in [0.3, 0.4) is 0 Å². The Morgan fingerprint density at radius 2 is 2.19 bits per heavy atom. The zero-order valence-corrected chi connectivity index (χ0v) is 10.9. The van der Waals surface area contributed by atoms with Gasteiger partial charge in [0.2, 0.25) is 0 Å². The lowest BCUT2D eigenvalue weighted by molar-refractivity contribution is 0.306. The van der Waals surface area contributed by atoms with Gasteiger partial charge in [0.1, 0.15) is 5.75 Å². The minimum absolute atomic E-state index is 0.568. The Balaban J connectivity index is 2.31.